The molecule has 0 bridgehead atoms. The van der Waals surface area contributed by atoms with E-state index in [4.69, 9.17) is 4.74 Å². The van der Waals surface area contributed by atoms with Crippen LogP contribution in [-0.4, -0.2) is 61.2 Å². The van der Waals surface area contributed by atoms with E-state index in [0.717, 1.165) is 34.4 Å². The molecule has 3 rings (SSSR count). The zero-order chi connectivity index (χ0) is 22.8. The molecule has 0 saturated heterocycles. The summed E-state index contributed by atoms with van der Waals surface area (Å²) in [6, 6.07) is 2.28. The Hall–Kier alpha value is -2.27. The Bertz CT molecular complexity index is 1100. The number of hydrogen-bond acceptors (Lipinski definition) is 4. The predicted molar refractivity (Wildman–Crippen MR) is 131 cm³/mol. The fourth-order valence-corrected chi connectivity index (χ4v) is 3.75. The maximum atomic E-state index is 9.91. The second-order valence-corrected chi connectivity index (χ2v) is 14.1. The summed E-state index contributed by atoms with van der Waals surface area (Å²) in [7, 11) is -0.554. The topological polar surface area (TPSA) is 65.1 Å². The molecule has 0 aliphatic heterocycles. The fraction of sp³-hybridized carbons (Fsp3) is 0.500. The molecule has 0 atom stereocenters. The summed E-state index contributed by atoms with van der Waals surface area (Å²) >= 11 is 0. The number of ether oxygens (including phenoxy) is 1. The Morgan fingerprint density at radius 2 is 1.94 bits per heavy atom. The van der Waals surface area contributed by atoms with Crippen molar-refractivity contribution in [2.24, 2.45) is 0 Å². The third-order valence-corrected chi connectivity index (χ3v) is 6.17. The van der Waals surface area contributed by atoms with Crippen molar-refractivity contribution in [1.82, 2.24) is 19.3 Å². The predicted octanol–water partition coefficient (Wildman–Crippen LogP) is 4.27. The van der Waals surface area contributed by atoms with Crippen LogP contribution in [0.5, 0.6) is 0 Å². The molecule has 0 saturated carbocycles. The summed E-state index contributed by atoms with van der Waals surface area (Å²) in [5.74, 6) is 6.91. The van der Waals surface area contributed by atoms with E-state index in [0.29, 0.717) is 18.5 Å². The number of nitrogens with zero attached hydrogens (tertiary/aromatic N) is 4. The van der Waals surface area contributed by atoms with Crippen LogP contribution >= 0.6 is 10.0 Å². The highest BCUT2D eigenvalue weighted by Crippen LogP contribution is 2.34. The first-order chi connectivity index (χ1) is 14.4. The van der Waals surface area contributed by atoms with Gasteiger partial charge in [-0.2, -0.15) is 5.10 Å². The van der Waals surface area contributed by atoms with Crippen LogP contribution in [0, 0.1) is 11.8 Å². The van der Waals surface area contributed by atoms with Crippen molar-refractivity contribution in [3.05, 3.63) is 36.5 Å². The van der Waals surface area contributed by atoms with Crippen LogP contribution in [0.25, 0.3) is 22.0 Å². The van der Waals surface area contributed by atoms with Crippen LogP contribution < -0.4 is 0 Å². The number of pyridine rings is 1. The minimum atomic E-state index is -1.06. The maximum absolute atomic E-state index is 9.91. The second-order valence-electron chi connectivity index (χ2n) is 9.54. The quantitative estimate of drug-likeness (QED) is 0.438. The van der Waals surface area contributed by atoms with Gasteiger partial charge in [-0.05, 0) is 58.4 Å². The van der Waals surface area contributed by atoms with E-state index in [2.05, 4.69) is 65.3 Å². The monoisotopic (exact) mass is 442 g/mol. The van der Waals surface area contributed by atoms with Crippen LogP contribution in [0.3, 0.4) is 0 Å². The van der Waals surface area contributed by atoms with E-state index in [1.165, 1.54) is 0 Å². The Labute approximate surface area is 186 Å². The number of aliphatic hydroxyl groups is 1. The molecule has 0 aliphatic rings. The smallest absolute Gasteiger partial charge is 0.139 e. The van der Waals surface area contributed by atoms with Crippen LogP contribution in [-0.2, 0) is 11.5 Å². The molecule has 0 aromatic carbocycles. The molecule has 3 aromatic heterocycles. The molecule has 6 nitrogen and oxygen atoms in total. The zero-order valence-electron chi connectivity index (χ0n) is 19.6. The standard InChI is InChI=1S/C24H34N4O2S/c1-18(2)28-16-22(19-13-26-27(15-19)17-30-10-11-31(5,6)7)21-12-20(25-14-23(21)28)8-9-24(3,4)29/h12-16,18,29H,10-11,17H2,1-7H3. The van der Waals surface area contributed by atoms with Crippen molar-refractivity contribution < 1.29 is 9.84 Å². The molecule has 0 spiro atoms. The number of fused-ring (bicyclic) bond motifs is 1. The average molecular weight is 443 g/mol. The van der Waals surface area contributed by atoms with E-state index in [9.17, 15) is 5.11 Å². The van der Waals surface area contributed by atoms with Crippen LogP contribution in [0.15, 0.2) is 30.9 Å². The number of aromatic nitrogens is 4. The molecule has 7 heteroatoms. The molecule has 0 radical (unpaired) electrons. The van der Waals surface area contributed by atoms with Gasteiger partial charge in [-0.15, -0.1) is 0 Å². The molecule has 31 heavy (non-hydrogen) atoms. The van der Waals surface area contributed by atoms with Gasteiger partial charge in [0.05, 0.1) is 24.5 Å². The van der Waals surface area contributed by atoms with Crippen LogP contribution in [0.1, 0.15) is 39.4 Å². The lowest BCUT2D eigenvalue weighted by Gasteiger charge is -2.24. The summed E-state index contributed by atoms with van der Waals surface area (Å²) in [5, 5.41) is 15.5. The summed E-state index contributed by atoms with van der Waals surface area (Å²) in [6.45, 7) is 8.83. The summed E-state index contributed by atoms with van der Waals surface area (Å²) < 4.78 is 9.87. The van der Waals surface area contributed by atoms with Gasteiger partial charge in [0.15, 0.2) is 0 Å². The average Bonchev–Trinajstić information content (AvgIpc) is 3.26. The van der Waals surface area contributed by atoms with Crippen molar-refractivity contribution in [2.75, 3.05) is 31.1 Å². The third kappa shape index (κ3) is 6.36. The Morgan fingerprint density at radius 3 is 2.58 bits per heavy atom. The summed E-state index contributed by atoms with van der Waals surface area (Å²) in [6.07, 6.45) is 14.8. The van der Waals surface area contributed by atoms with Gasteiger partial charge in [0.1, 0.15) is 18.0 Å². The highest BCUT2D eigenvalue weighted by molar-refractivity contribution is 8.32. The largest absolute Gasteiger partial charge is 0.378 e. The third-order valence-electron chi connectivity index (χ3n) is 4.78. The highest BCUT2D eigenvalue weighted by atomic mass is 32.3. The van der Waals surface area contributed by atoms with Crippen LogP contribution in [0.4, 0.5) is 0 Å². The Balaban J connectivity index is 1.90. The molecule has 3 heterocycles. The van der Waals surface area contributed by atoms with Crippen molar-refractivity contribution in [3.63, 3.8) is 0 Å². The number of hydrogen-bond donors (Lipinski definition) is 1. The number of rotatable bonds is 7. The van der Waals surface area contributed by atoms with Crippen molar-refractivity contribution in [3.8, 4) is 23.0 Å². The van der Waals surface area contributed by atoms with E-state index in [1.54, 1.807) is 13.8 Å². The van der Waals surface area contributed by atoms with E-state index in [-0.39, 0.29) is 0 Å². The second kappa shape index (κ2) is 9.07. The van der Waals surface area contributed by atoms with E-state index < -0.39 is 15.6 Å². The van der Waals surface area contributed by atoms with E-state index >= 15 is 0 Å². The van der Waals surface area contributed by atoms with Crippen molar-refractivity contribution in [2.45, 2.75) is 46.1 Å². The molecule has 3 aromatic rings. The minimum Gasteiger partial charge on any atom is -0.378 e. The fourth-order valence-electron chi connectivity index (χ4n) is 3.13. The molecular weight excluding hydrogens is 408 g/mol. The van der Waals surface area contributed by atoms with Gasteiger partial charge < -0.3 is 14.4 Å². The molecule has 0 unspecified atom stereocenters. The lowest BCUT2D eigenvalue weighted by Crippen LogP contribution is -2.14. The van der Waals surface area contributed by atoms with Crippen LogP contribution in [0.2, 0.25) is 0 Å². The molecule has 168 valence electrons. The van der Waals surface area contributed by atoms with Gasteiger partial charge in [-0.25, -0.2) is 19.7 Å². The first-order valence-corrected chi connectivity index (χ1v) is 13.5. The van der Waals surface area contributed by atoms with Gasteiger partial charge in [-0.3, -0.25) is 0 Å². The maximum Gasteiger partial charge on any atom is 0.139 e. The van der Waals surface area contributed by atoms with Gasteiger partial charge >= 0.3 is 0 Å². The lowest BCUT2D eigenvalue weighted by molar-refractivity contribution is 0.0809. The van der Waals surface area contributed by atoms with Crippen molar-refractivity contribution >= 4 is 20.9 Å². The first-order valence-electron chi connectivity index (χ1n) is 10.5. The van der Waals surface area contributed by atoms with Gasteiger partial charge in [0.2, 0.25) is 0 Å². The molecule has 1 N–H and O–H groups in total. The zero-order valence-corrected chi connectivity index (χ0v) is 20.5. The van der Waals surface area contributed by atoms with Gasteiger partial charge in [-0.1, -0.05) is 5.92 Å². The molecule has 0 amide bonds. The summed E-state index contributed by atoms with van der Waals surface area (Å²) in [4.78, 5) is 4.49. The normalized spacial score (nSPS) is 12.9. The lowest BCUT2D eigenvalue weighted by atomic mass is 10.1. The van der Waals surface area contributed by atoms with E-state index in [1.807, 2.05) is 29.3 Å². The molecule has 0 fully saturated rings. The molecule has 0 aliphatic carbocycles. The van der Waals surface area contributed by atoms with Gasteiger partial charge in [0, 0.05) is 40.7 Å². The Kier molecular flexibility index (Phi) is 6.85. The minimum absolute atomic E-state index is 0.296. The van der Waals surface area contributed by atoms with Gasteiger partial charge in [0.25, 0.3) is 0 Å². The highest BCUT2D eigenvalue weighted by Gasteiger charge is 2.15. The first kappa shape index (κ1) is 23.4. The Morgan fingerprint density at radius 1 is 1.19 bits per heavy atom. The molecular formula is C24H34N4O2S. The summed E-state index contributed by atoms with van der Waals surface area (Å²) in [5.41, 5.74) is 2.75. The SMILES string of the molecule is CC(C)n1cc(-c2cnn(COCCS(C)(C)C)c2)c2cc(C#CC(C)(C)O)ncc21. The van der Waals surface area contributed by atoms with Crippen molar-refractivity contribution in [1.29, 1.82) is 0 Å².